The Bertz CT molecular complexity index is 360. The number of rotatable bonds is 4. The van der Waals surface area contributed by atoms with Crippen molar-refractivity contribution in [1.29, 1.82) is 0 Å². The van der Waals surface area contributed by atoms with Gasteiger partial charge in [-0.3, -0.25) is 0 Å². The minimum Gasteiger partial charge on any atom is -0.383 e. The van der Waals surface area contributed by atoms with Crippen LogP contribution in [0.3, 0.4) is 0 Å². The van der Waals surface area contributed by atoms with E-state index >= 15 is 0 Å². The summed E-state index contributed by atoms with van der Waals surface area (Å²) in [7, 11) is 0. The molecule has 4 nitrogen and oxygen atoms in total. The molecule has 4 heteroatoms. The molecule has 0 amide bonds. The topological polar surface area (TPSA) is 63.8 Å². The van der Waals surface area contributed by atoms with Crippen molar-refractivity contribution < 1.29 is 0 Å². The minimum atomic E-state index is 0.292. The van der Waals surface area contributed by atoms with E-state index in [4.69, 9.17) is 5.73 Å². The highest BCUT2D eigenvalue weighted by Crippen LogP contribution is 2.21. The Morgan fingerprint density at radius 3 is 2.38 bits per heavy atom. The Balaban J connectivity index is 3.06. The van der Waals surface area contributed by atoms with Gasteiger partial charge in [-0.25, -0.2) is 9.97 Å². The first-order valence-corrected chi connectivity index (χ1v) is 5.86. The summed E-state index contributed by atoms with van der Waals surface area (Å²) in [5, 5.41) is 3.36. The zero-order valence-corrected chi connectivity index (χ0v) is 10.8. The van der Waals surface area contributed by atoms with E-state index in [1.807, 2.05) is 6.92 Å². The fourth-order valence-electron chi connectivity index (χ4n) is 1.29. The van der Waals surface area contributed by atoms with Crippen LogP contribution in [0.1, 0.15) is 51.4 Å². The second kappa shape index (κ2) is 5.14. The average molecular weight is 222 g/mol. The number of nitrogen functional groups attached to an aromatic ring is 1. The van der Waals surface area contributed by atoms with Gasteiger partial charge in [-0.05, 0) is 20.3 Å². The molecule has 0 saturated carbocycles. The Morgan fingerprint density at radius 1 is 1.25 bits per heavy atom. The highest BCUT2D eigenvalue weighted by Gasteiger charge is 2.12. The van der Waals surface area contributed by atoms with Gasteiger partial charge in [-0.15, -0.1) is 0 Å². The lowest BCUT2D eigenvalue weighted by Gasteiger charge is -2.17. The van der Waals surface area contributed by atoms with Crippen LogP contribution in [0.4, 0.5) is 11.6 Å². The van der Waals surface area contributed by atoms with Crippen molar-refractivity contribution in [3.05, 3.63) is 11.4 Å². The molecule has 0 bridgehead atoms. The van der Waals surface area contributed by atoms with Crippen molar-refractivity contribution in [2.75, 3.05) is 11.1 Å². The van der Waals surface area contributed by atoms with Crippen molar-refractivity contribution in [3.63, 3.8) is 0 Å². The summed E-state index contributed by atoms with van der Waals surface area (Å²) in [6.45, 7) is 10.4. The van der Waals surface area contributed by atoms with Crippen molar-refractivity contribution in [2.45, 2.75) is 53.0 Å². The predicted molar refractivity (Wildman–Crippen MR) is 68.6 cm³/mol. The van der Waals surface area contributed by atoms with Gasteiger partial charge >= 0.3 is 0 Å². The Kier molecular flexibility index (Phi) is 4.10. The fraction of sp³-hybridized carbons (Fsp3) is 0.667. The zero-order chi connectivity index (χ0) is 12.3. The smallest absolute Gasteiger partial charge is 0.135 e. The molecule has 0 aromatic carbocycles. The van der Waals surface area contributed by atoms with Crippen LogP contribution in [-0.4, -0.2) is 16.0 Å². The van der Waals surface area contributed by atoms with Crippen molar-refractivity contribution in [3.8, 4) is 0 Å². The first kappa shape index (κ1) is 12.7. The predicted octanol–water partition coefficient (Wildman–Crippen LogP) is 2.70. The van der Waals surface area contributed by atoms with Crippen LogP contribution in [0.2, 0.25) is 0 Å². The number of anilines is 2. The summed E-state index contributed by atoms with van der Waals surface area (Å²) < 4.78 is 0. The van der Waals surface area contributed by atoms with E-state index < -0.39 is 0 Å². The van der Waals surface area contributed by atoms with Gasteiger partial charge in [0, 0.05) is 17.5 Å². The normalized spacial score (nSPS) is 12.9. The number of aromatic nitrogens is 2. The molecule has 1 aromatic rings. The maximum atomic E-state index is 5.89. The Hall–Kier alpha value is -1.32. The second-order valence-corrected chi connectivity index (χ2v) is 4.55. The molecule has 3 N–H and O–H groups in total. The van der Waals surface area contributed by atoms with Gasteiger partial charge < -0.3 is 11.1 Å². The minimum absolute atomic E-state index is 0.292. The number of hydrogen-bond acceptors (Lipinski definition) is 4. The third-order valence-electron chi connectivity index (χ3n) is 2.71. The van der Waals surface area contributed by atoms with Gasteiger partial charge in [0.2, 0.25) is 0 Å². The highest BCUT2D eigenvalue weighted by molar-refractivity contribution is 5.55. The van der Waals surface area contributed by atoms with E-state index in [0.29, 0.717) is 17.8 Å². The van der Waals surface area contributed by atoms with Crippen LogP contribution in [-0.2, 0) is 0 Å². The molecule has 1 heterocycles. The molecule has 0 aliphatic heterocycles. The number of nitrogens with one attached hydrogen (secondary N) is 1. The van der Waals surface area contributed by atoms with Crippen LogP contribution in [0.25, 0.3) is 0 Å². The molecule has 0 radical (unpaired) electrons. The summed E-state index contributed by atoms with van der Waals surface area (Å²) in [6, 6.07) is 0.396. The molecular weight excluding hydrogens is 200 g/mol. The van der Waals surface area contributed by atoms with E-state index in [1.165, 1.54) is 0 Å². The lowest BCUT2D eigenvalue weighted by Crippen LogP contribution is -2.17. The Labute approximate surface area is 97.7 Å². The number of hydrogen-bond donors (Lipinski definition) is 2. The quantitative estimate of drug-likeness (QED) is 0.822. The van der Waals surface area contributed by atoms with Gasteiger partial charge in [-0.1, -0.05) is 20.8 Å². The van der Waals surface area contributed by atoms with Gasteiger partial charge in [0.15, 0.2) is 0 Å². The average Bonchev–Trinajstić information content (AvgIpc) is 2.23. The van der Waals surface area contributed by atoms with E-state index in [1.54, 1.807) is 0 Å². The summed E-state index contributed by atoms with van der Waals surface area (Å²) in [4.78, 5) is 8.81. The van der Waals surface area contributed by atoms with Crippen LogP contribution < -0.4 is 11.1 Å². The molecule has 1 aromatic heterocycles. The molecule has 1 atom stereocenters. The summed E-state index contributed by atoms with van der Waals surface area (Å²) >= 11 is 0. The van der Waals surface area contributed by atoms with E-state index in [2.05, 4.69) is 43.0 Å². The standard InChI is InChI=1S/C12H22N4/c1-6-8(4)14-12-9(5)10(13)15-11(16-12)7(2)3/h7-8H,6H2,1-5H3,(H3,13,14,15,16). The van der Waals surface area contributed by atoms with Crippen LogP contribution >= 0.6 is 0 Å². The third kappa shape index (κ3) is 2.84. The van der Waals surface area contributed by atoms with Crippen LogP contribution in [0.15, 0.2) is 0 Å². The molecule has 0 fully saturated rings. The molecule has 1 unspecified atom stereocenters. The van der Waals surface area contributed by atoms with Gasteiger partial charge in [-0.2, -0.15) is 0 Å². The van der Waals surface area contributed by atoms with Crippen molar-refractivity contribution in [2.24, 2.45) is 0 Å². The fourth-order valence-corrected chi connectivity index (χ4v) is 1.29. The molecule has 0 spiro atoms. The first-order chi connectivity index (χ1) is 7.45. The second-order valence-electron chi connectivity index (χ2n) is 4.55. The largest absolute Gasteiger partial charge is 0.383 e. The highest BCUT2D eigenvalue weighted by atomic mass is 15.1. The van der Waals surface area contributed by atoms with Gasteiger partial charge in [0.05, 0.1) is 0 Å². The molecule has 0 aliphatic rings. The maximum Gasteiger partial charge on any atom is 0.135 e. The summed E-state index contributed by atoms with van der Waals surface area (Å²) in [5.41, 5.74) is 6.82. The van der Waals surface area contributed by atoms with Crippen LogP contribution in [0, 0.1) is 6.92 Å². The maximum absolute atomic E-state index is 5.89. The molecule has 16 heavy (non-hydrogen) atoms. The van der Waals surface area contributed by atoms with E-state index in [-0.39, 0.29) is 0 Å². The van der Waals surface area contributed by atoms with Gasteiger partial charge in [0.1, 0.15) is 17.5 Å². The van der Waals surface area contributed by atoms with Crippen LogP contribution in [0.5, 0.6) is 0 Å². The lowest BCUT2D eigenvalue weighted by atomic mass is 10.2. The first-order valence-electron chi connectivity index (χ1n) is 5.86. The van der Waals surface area contributed by atoms with E-state index in [0.717, 1.165) is 23.6 Å². The Morgan fingerprint density at radius 2 is 1.88 bits per heavy atom. The third-order valence-corrected chi connectivity index (χ3v) is 2.71. The molecule has 1 rings (SSSR count). The SMILES string of the molecule is CCC(C)Nc1nc(C(C)C)nc(N)c1C. The van der Waals surface area contributed by atoms with Crippen molar-refractivity contribution >= 4 is 11.6 Å². The molecular formula is C12H22N4. The monoisotopic (exact) mass is 222 g/mol. The lowest BCUT2D eigenvalue weighted by molar-refractivity contribution is 0.739. The summed E-state index contributed by atoms with van der Waals surface area (Å²) in [6.07, 6.45) is 1.06. The summed E-state index contributed by atoms with van der Waals surface area (Å²) in [5.74, 6) is 2.53. The molecule has 0 saturated heterocycles. The zero-order valence-electron chi connectivity index (χ0n) is 10.8. The molecule has 90 valence electrons. The van der Waals surface area contributed by atoms with Crippen molar-refractivity contribution in [1.82, 2.24) is 9.97 Å². The molecule has 0 aliphatic carbocycles. The number of nitrogens with zero attached hydrogens (tertiary/aromatic N) is 2. The van der Waals surface area contributed by atoms with Gasteiger partial charge in [0.25, 0.3) is 0 Å². The number of nitrogens with two attached hydrogens (primary N) is 1. The van der Waals surface area contributed by atoms with E-state index in [9.17, 15) is 0 Å².